The van der Waals surface area contributed by atoms with E-state index < -0.39 is 0 Å². The Bertz CT molecular complexity index is 325. The molecule has 18 heavy (non-hydrogen) atoms. The molecule has 0 spiro atoms. The molecule has 1 unspecified atom stereocenters. The second kappa shape index (κ2) is 8.21. The van der Waals surface area contributed by atoms with Crippen molar-refractivity contribution >= 4 is 0 Å². The maximum absolute atomic E-state index is 6.11. The second-order valence-corrected chi connectivity index (χ2v) is 5.06. The zero-order chi connectivity index (χ0) is 13.4. The summed E-state index contributed by atoms with van der Waals surface area (Å²) < 4.78 is 7.27. The molecule has 1 heterocycles. The molecular formula is C13H26N4O. The predicted octanol–water partition coefficient (Wildman–Crippen LogP) is 1.62. The van der Waals surface area contributed by atoms with Gasteiger partial charge in [-0.3, -0.25) is 0 Å². The van der Waals surface area contributed by atoms with Crippen molar-refractivity contribution in [3.05, 3.63) is 12.2 Å². The molecule has 0 aliphatic rings. The van der Waals surface area contributed by atoms with Gasteiger partial charge in [0.25, 0.3) is 0 Å². The first kappa shape index (κ1) is 15.1. The first-order valence-corrected chi connectivity index (χ1v) is 6.83. The molecule has 5 heteroatoms. The molecule has 0 aliphatic carbocycles. The summed E-state index contributed by atoms with van der Waals surface area (Å²) >= 11 is 0. The first-order valence-electron chi connectivity index (χ1n) is 6.83. The number of nitrogens with two attached hydrogens (primary N) is 1. The Labute approximate surface area is 110 Å². The Morgan fingerprint density at radius 1 is 1.44 bits per heavy atom. The van der Waals surface area contributed by atoms with Crippen molar-refractivity contribution in [2.24, 2.45) is 11.7 Å². The van der Waals surface area contributed by atoms with Gasteiger partial charge in [-0.25, -0.2) is 9.67 Å². The van der Waals surface area contributed by atoms with Crippen LogP contribution in [0.2, 0.25) is 0 Å². The van der Waals surface area contributed by atoms with E-state index in [0.29, 0.717) is 5.92 Å². The van der Waals surface area contributed by atoms with E-state index in [4.69, 9.17) is 10.5 Å². The summed E-state index contributed by atoms with van der Waals surface area (Å²) in [7, 11) is 0. The van der Waals surface area contributed by atoms with Gasteiger partial charge in [-0.05, 0) is 25.7 Å². The van der Waals surface area contributed by atoms with Crippen molar-refractivity contribution < 1.29 is 4.74 Å². The van der Waals surface area contributed by atoms with Crippen LogP contribution in [-0.2, 0) is 17.7 Å². The van der Waals surface area contributed by atoms with Crippen molar-refractivity contribution in [3.8, 4) is 0 Å². The molecule has 1 atom stereocenters. The number of hydrogen-bond acceptors (Lipinski definition) is 4. The number of ether oxygens (including phenoxy) is 1. The quantitative estimate of drug-likeness (QED) is 0.680. The molecule has 1 rings (SSSR count). The first-order chi connectivity index (χ1) is 8.63. The average Bonchev–Trinajstić information content (AvgIpc) is 2.71. The summed E-state index contributed by atoms with van der Waals surface area (Å²) in [6, 6.07) is 0.139. The van der Waals surface area contributed by atoms with Crippen LogP contribution < -0.4 is 5.73 Å². The van der Waals surface area contributed by atoms with Gasteiger partial charge >= 0.3 is 0 Å². The largest absolute Gasteiger partial charge is 0.382 e. The molecule has 0 aromatic carbocycles. The molecule has 104 valence electrons. The number of rotatable bonds is 9. The van der Waals surface area contributed by atoms with Gasteiger partial charge < -0.3 is 10.5 Å². The van der Waals surface area contributed by atoms with Gasteiger partial charge in [-0.1, -0.05) is 13.8 Å². The van der Waals surface area contributed by atoms with Crippen LogP contribution in [0.5, 0.6) is 0 Å². The summed E-state index contributed by atoms with van der Waals surface area (Å²) in [6.07, 6.45) is 4.38. The van der Waals surface area contributed by atoms with Gasteiger partial charge in [-0.2, -0.15) is 5.10 Å². The van der Waals surface area contributed by atoms with Crippen LogP contribution in [0, 0.1) is 5.92 Å². The Kier molecular flexibility index (Phi) is 6.90. The molecule has 5 nitrogen and oxygen atoms in total. The monoisotopic (exact) mass is 254 g/mol. The highest BCUT2D eigenvalue weighted by Crippen LogP contribution is 2.06. The molecule has 0 fully saturated rings. The maximum Gasteiger partial charge on any atom is 0.138 e. The van der Waals surface area contributed by atoms with Crippen LogP contribution in [0.1, 0.15) is 39.4 Å². The fourth-order valence-electron chi connectivity index (χ4n) is 1.87. The maximum atomic E-state index is 6.11. The normalized spacial score (nSPS) is 13.2. The molecule has 2 N–H and O–H groups in total. The average molecular weight is 254 g/mol. The van der Waals surface area contributed by atoms with Crippen LogP contribution in [0.4, 0.5) is 0 Å². The van der Waals surface area contributed by atoms with Crippen molar-refractivity contribution in [2.75, 3.05) is 13.2 Å². The third-order valence-corrected chi connectivity index (χ3v) is 2.75. The van der Waals surface area contributed by atoms with Gasteiger partial charge in [0.1, 0.15) is 12.2 Å². The van der Waals surface area contributed by atoms with E-state index >= 15 is 0 Å². The van der Waals surface area contributed by atoms with Crippen LogP contribution in [-0.4, -0.2) is 34.0 Å². The van der Waals surface area contributed by atoms with E-state index in [9.17, 15) is 0 Å². The van der Waals surface area contributed by atoms with E-state index in [1.165, 1.54) is 0 Å². The van der Waals surface area contributed by atoms with Crippen molar-refractivity contribution in [3.63, 3.8) is 0 Å². The molecule has 0 radical (unpaired) electrons. The molecule has 0 aliphatic heterocycles. The van der Waals surface area contributed by atoms with Crippen LogP contribution in [0.25, 0.3) is 0 Å². The van der Waals surface area contributed by atoms with Crippen LogP contribution in [0.15, 0.2) is 6.33 Å². The molecular weight excluding hydrogens is 228 g/mol. The lowest BCUT2D eigenvalue weighted by molar-refractivity contribution is 0.142. The van der Waals surface area contributed by atoms with E-state index in [-0.39, 0.29) is 6.04 Å². The van der Waals surface area contributed by atoms with Gasteiger partial charge in [0.15, 0.2) is 0 Å². The summed E-state index contributed by atoms with van der Waals surface area (Å²) in [5.41, 5.74) is 6.11. The van der Waals surface area contributed by atoms with E-state index in [1.54, 1.807) is 6.33 Å². The lowest BCUT2D eigenvalue weighted by Crippen LogP contribution is -2.26. The molecule has 0 saturated heterocycles. The summed E-state index contributed by atoms with van der Waals surface area (Å²) in [5, 5.41) is 4.24. The SMILES string of the molecule is CCOCCCC(N)Cc1ncnn1CC(C)C. The predicted molar refractivity (Wildman–Crippen MR) is 72.3 cm³/mol. The smallest absolute Gasteiger partial charge is 0.138 e. The molecule has 0 amide bonds. The van der Waals surface area contributed by atoms with Gasteiger partial charge in [0, 0.05) is 32.2 Å². The fraction of sp³-hybridized carbons (Fsp3) is 0.846. The summed E-state index contributed by atoms with van der Waals surface area (Å²) in [5.74, 6) is 1.56. The lowest BCUT2D eigenvalue weighted by Gasteiger charge is -2.13. The number of aromatic nitrogens is 3. The van der Waals surface area contributed by atoms with Gasteiger partial charge in [-0.15, -0.1) is 0 Å². The Balaban J connectivity index is 2.34. The van der Waals surface area contributed by atoms with E-state index in [0.717, 1.165) is 44.8 Å². The minimum absolute atomic E-state index is 0.139. The zero-order valence-electron chi connectivity index (χ0n) is 11.8. The van der Waals surface area contributed by atoms with Crippen molar-refractivity contribution in [2.45, 2.75) is 52.6 Å². The highest BCUT2D eigenvalue weighted by Gasteiger charge is 2.10. The third-order valence-electron chi connectivity index (χ3n) is 2.75. The molecule has 1 aromatic heterocycles. The topological polar surface area (TPSA) is 66.0 Å². The molecule has 0 bridgehead atoms. The lowest BCUT2D eigenvalue weighted by atomic mass is 10.1. The fourth-order valence-corrected chi connectivity index (χ4v) is 1.87. The van der Waals surface area contributed by atoms with Crippen molar-refractivity contribution in [1.29, 1.82) is 0 Å². The Hall–Kier alpha value is -0.940. The Morgan fingerprint density at radius 2 is 2.22 bits per heavy atom. The summed E-state index contributed by atoms with van der Waals surface area (Å²) in [6.45, 7) is 8.83. The highest BCUT2D eigenvalue weighted by atomic mass is 16.5. The second-order valence-electron chi connectivity index (χ2n) is 5.06. The molecule has 1 aromatic rings. The molecule has 0 saturated carbocycles. The standard InChI is InChI=1S/C13H26N4O/c1-4-18-7-5-6-12(14)8-13-15-10-16-17(13)9-11(2)3/h10-12H,4-9,14H2,1-3H3. The van der Waals surface area contributed by atoms with Gasteiger partial charge in [0.05, 0.1) is 0 Å². The minimum atomic E-state index is 0.139. The van der Waals surface area contributed by atoms with Crippen LogP contribution >= 0.6 is 0 Å². The third kappa shape index (κ3) is 5.60. The van der Waals surface area contributed by atoms with E-state index in [1.807, 2.05) is 11.6 Å². The Morgan fingerprint density at radius 3 is 2.89 bits per heavy atom. The zero-order valence-corrected chi connectivity index (χ0v) is 11.8. The number of nitrogens with zero attached hydrogens (tertiary/aromatic N) is 3. The summed E-state index contributed by atoms with van der Waals surface area (Å²) in [4.78, 5) is 4.29. The van der Waals surface area contributed by atoms with Crippen LogP contribution in [0.3, 0.4) is 0 Å². The van der Waals surface area contributed by atoms with Gasteiger partial charge in [0.2, 0.25) is 0 Å². The number of hydrogen-bond donors (Lipinski definition) is 1. The minimum Gasteiger partial charge on any atom is -0.382 e. The highest BCUT2D eigenvalue weighted by molar-refractivity contribution is 4.89. The van der Waals surface area contributed by atoms with E-state index in [2.05, 4.69) is 23.9 Å². The van der Waals surface area contributed by atoms with Crippen molar-refractivity contribution in [1.82, 2.24) is 14.8 Å².